The summed E-state index contributed by atoms with van der Waals surface area (Å²) in [6.07, 6.45) is 0. The molecule has 0 aliphatic rings. The fraction of sp³-hybridized carbons (Fsp3) is 0.0667. The van der Waals surface area contributed by atoms with Crippen LogP contribution in [0.25, 0.3) is 11.1 Å². The number of aromatic carboxylic acids is 1. The molecule has 0 unspecified atom stereocenters. The molecule has 0 aromatic heterocycles. The summed E-state index contributed by atoms with van der Waals surface area (Å²) in [6, 6.07) is 13.5. The standard InChI is InChI=1S/C15H12O3/c1-10(16)11-6-2-3-7-12(11)13-8-4-5-9-14(13)15(17)18/h2-9H,1H3,(H,17,18)/p-1. The number of ketones is 1. The number of rotatable bonds is 3. The molecule has 3 heteroatoms. The smallest absolute Gasteiger partial charge is 0.160 e. The molecule has 3 nitrogen and oxygen atoms in total. The maximum atomic E-state index is 11.6. The van der Waals surface area contributed by atoms with Gasteiger partial charge in [0, 0.05) is 11.1 Å². The minimum absolute atomic E-state index is 0.0891. The summed E-state index contributed by atoms with van der Waals surface area (Å²) in [4.78, 5) is 22.6. The van der Waals surface area contributed by atoms with Gasteiger partial charge in [0.1, 0.15) is 0 Å². The molecule has 0 radical (unpaired) electrons. The van der Waals surface area contributed by atoms with Crippen molar-refractivity contribution in [3.63, 3.8) is 0 Å². The second-order valence-corrected chi connectivity index (χ2v) is 3.93. The average molecular weight is 239 g/mol. The van der Waals surface area contributed by atoms with Crippen molar-refractivity contribution in [3.05, 3.63) is 59.7 Å². The molecule has 0 spiro atoms. The van der Waals surface area contributed by atoms with E-state index in [0.29, 0.717) is 16.7 Å². The largest absolute Gasteiger partial charge is 0.545 e. The molecule has 2 aromatic rings. The third-order valence-corrected chi connectivity index (χ3v) is 2.74. The highest BCUT2D eigenvalue weighted by atomic mass is 16.4. The van der Waals surface area contributed by atoms with E-state index < -0.39 is 5.97 Å². The lowest BCUT2D eigenvalue weighted by molar-refractivity contribution is -0.254. The first-order chi connectivity index (χ1) is 8.61. The van der Waals surface area contributed by atoms with Gasteiger partial charge in [0.15, 0.2) is 5.78 Å². The minimum Gasteiger partial charge on any atom is -0.545 e. The fourth-order valence-electron chi connectivity index (χ4n) is 1.92. The Morgan fingerprint density at radius 2 is 1.28 bits per heavy atom. The number of carboxylic acids is 1. The first-order valence-corrected chi connectivity index (χ1v) is 5.52. The second kappa shape index (κ2) is 4.84. The maximum Gasteiger partial charge on any atom is 0.160 e. The van der Waals surface area contributed by atoms with Gasteiger partial charge < -0.3 is 9.90 Å². The minimum atomic E-state index is -1.25. The van der Waals surface area contributed by atoms with Crippen molar-refractivity contribution < 1.29 is 14.7 Å². The Labute approximate surface area is 105 Å². The van der Waals surface area contributed by atoms with Crippen molar-refractivity contribution in [2.75, 3.05) is 0 Å². The molecule has 18 heavy (non-hydrogen) atoms. The Bertz CT molecular complexity index is 559. The summed E-state index contributed by atoms with van der Waals surface area (Å²) in [5, 5.41) is 11.1. The van der Waals surface area contributed by atoms with E-state index >= 15 is 0 Å². The Kier molecular flexibility index (Phi) is 3.24. The molecule has 0 atom stereocenters. The molecular weight excluding hydrogens is 228 g/mol. The van der Waals surface area contributed by atoms with Gasteiger partial charge in [0.05, 0.1) is 5.97 Å². The van der Waals surface area contributed by atoms with Crippen LogP contribution < -0.4 is 5.11 Å². The predicted molar refractivity (Wildman–Crippen MR) is 66.2 cm³/mol. The molecule has 0 saturated heterocycles. The van der Waals surface area contributed by atoms with Gasteiger partial charge >= 0.3 is 0 Å². The summed E-state index contributed by atoms with van der Waals surface area (Å²) in [7, 11) is 0. The van der Waals surface area contributed by atoms with E-state index in [-0.39, 0.29) is 11.3 Å². The fourth-order valence-corrected chi connectivity index (χ4v) is 1.92. The van der Waals surface area contributed by atoms with Crippen molar-refractivity contribution >= 4 is 11.8 Å². The quantitative estimate of drug-likeness (QED) is 0.769. The molecule has 0 bridgehead atoms. The SMILES string of the molecule is CC(=O)c1ccccc1-c1ccccc1C(=O)[O-]. The number of benzene rings is 2. The molecule has 0 fully saturated rings. The first kappa shape index (κ1) is 12.0. The van der Waals surface area contributed by atoms with Gasteiger partial charge in [-0.05, 0) is 18.1 Å². The molecular formula is C15H11O3-. The van der Waals surface area contributed by atoms with Gasteiger partial charge in [-0.1, -0.05) is 48.5 Å². The van der Waals surface area contributed by atoms with Crippen molar-refractivity contribution in [1.29, 1.82) is 0 Å². The number of carboxylic acid groups (broad SMARTS) is 1. The highest BCUT2D eigenvalue weighted by Crippen LogP contribution is 2.27. The van der Waals surface area contributed by atoms with Crippen LogP contribution in [0.3, 0.4) is 0 Å². The van der Waals surface area contributed by atoms with E-state index in [2.05, 4.69) is 0 Å². The number of carbonyl (C=O) groups excluding carboxylic acids is 2. The normalized spacial score (nSPS) is 10.1. The molecule has 0 amide bonds. The van der Waals surface area contributed by atoms with E-state index in [1.807, 2.05) is 0 Å². The van der Waals surface area contributed by atoms with Gasteiger partial charge in [-0.3, -0.25) is 4.79 Å². The predicted octanol–water partition coefficient (Wildman–Crippen LogP) is 1.92. The molecule has 2 aromatic carbocycles. The molecule has 90 valence electrons. The van der Waals surface area contributed by atoms with Crippen molar-refractivity contribution in [2.24, 2.45) is 0 Å². The van der Waals surface area contributed by atoms with Gasteiger partial charge in [-0.2, -0.15) is 0 Å². The second-order valence-electron chi connectivity index (χ2n) is 3.93. The zero-order valence-corrected chi connectivity index (χ0v) is 9.84. The van der Waals surface area contributed by atoms with E-state index in [1.165, 1.54) is 13.0 Å². The van der Waals surface area contributed by atoms with Gasteiger partial charge in [0.2, 0.25) is 0 Å². The third kappa shape index (κ3) is 2.15. The number of hydrogen-bond acceptors (Lipinski definition) is 3. The first-order valence-electron chi connectivity index (χ1n) is 5.52. The van der Waals surface area contributed by atoms with Crippen LogP contribution in [0.4, 0.5) is 0 Å². The summed E-state index contributed by atoms with van der Waals surface area (Å²) < 4.78 is 0. The van der Waals surface area contributed by atoms with E-state index in [1.54, 1.807) is 42.5 Å². The van der Waals surface area contributed by atoms with Crippen LogP contribution in [0.5, 0.6) is 0 Å². The summed E-state index contributed by atoms with van der Waals surface area (Å²) in [5.74, 6) is -1.34. The lowest BCUT2D eigenvalue weighted by atomic mass is 9.94. The molecule has 0 saturated carbocycles. The van der Waals surface area contributed by atoms with Crippen LogP contribution in [0.1, 0.15) is 27.6 Å². The van der Waals surface area contributed by atoms with E-state index in [0.717, 1.165) is 0 Å². The number of hydrogen-bond donors (Lipinski definition) is 0. The molecule has 0 aliphatic heterocycles. The summed E-state index contributed by atoms with van der Waals surface area (Å²) in [6.45, 7) is 1.46. The van der Waals surface area contributed by atoms with Crippen LogP contribution in [-0.2, 0) is 0 Å². The van der Waals surface area contributed by atoms with E-state index in [9.17, 15) is 14.7 Å². The van der Waals surface area contributed by atoms with Crippen LogP contribution in [-0.4, -0.2) is 11.8 Å². The average Bonchev–Trinajstić information content (AvgIpc) is 2.38. The molecule has 0 heterocycles. The van der Waals surface area contributed by atoms with Crippen LogP contribution >= 0.6 is 0 Å². The van der Waals surface area contributed by atoms with Gasteiger partial charge in [0.25, 0.3) is 0 Å². The van der Waals surface area contributed by atoms with Crippen molar-refractivity contribution in [3.8, 4) is 11.1 Å². The van der Waals surface area contributed by atoms with Crippen molar-refractivity contribution in [2.45, 2.75) is 6.92 Å². The lowest BCUT2D eigenvalue weighted by Gasteiger charge is -2.12. The molecule has 2 rings (SSSR count). The monoisotopic (exact) mass is 239 g/mol. The van der Waals surface area contributed by atoms with Gasteiger partial charge in [-0.25, -0.2) is 0 Å². The van der Waals surface area contributed by atoms with Crippen LogP contribution in [0.2, 0.25) is 0 Å². The Morgan fingerprint density at radius 1 is 0.833 bits per heavy atom. The third-order valence-electron chi connectivity index (χ3n) is 2.74. The number of Topliss-reactive ketones (excluding diaryl/α,β-unsaturated/α-hetero) is 1. The van der Waals surface area contributed by atoms with Crippen LogP contribution in [0, 0.1) is 0 Å². The maximum absolute atomic E-state index is 11.6. The highest BCUT2D eigenvalue weighted by molar-refractivity contribution is 6.04. The summed E-state index contributed by atoms with van der Waals surface area (Å²) in [5.41, 5.74) is 1.71. The molecule has 0 aliphatic carbocycles. The molecule has 0 N–H and O–H groups in total. The van der Waals surface area contributed by atoms with Gasteiger partial charge in [-0.15, -0.1) is 0 Å². The van der Waals surface area contributed by atoms with E-state index in [4.69, 9.17) is 0 Å². The van der Waals surface area contributed by atoms with Crippen LogP contribution in [0.15, 0.2) is 48.5 Å². The Morgan fingerprint density at radius 3 is 1.78 bits per heavy atom. The Hall–Kier alpha value is -2.42. The zero-order valence-electron chi connectivity index (χ0n) is 9.84. The lowest BCUT2D eigenvalue weighted by Crippen LogP contribution is -2.23. The Balaban J connectivity index is 2.70. The highest BCUT2D eigenvalue weighted by Gasteiger charge is 2.11. The zero-order chi connectivity index (χ0) is 13.1. The summed E-state index contributed by atoms with van der Waals surface area (Å²) >= 11 is 0. The topological polar surface area (TPSA) is 57.2 Å². The van der Waals surface area contributed by atoms with Crippen molar-refractivity contribution in [1.82, 2.24) is 0 Å². The number of carbonyl (C=O) groups is 2.